The molecule has 1 fully saturated rings. The zero-order valence-corrected chi connectivity index (χ0v) is 20.0. The van der Waals surface area contributed by atoms with Crippen LogP contribution >= 0.6 is 0 Å². The number of nitrogens with one attached hydrogen (secondary N) is 1. The predicted octanol–water partition coefficient (Wildman–Crippen LogP) is 4.07. The van der Waals surface area contributed by atoms with Crippen molar-refractivity contribution < 1.29 is 22.7 Å². The third-order valence-electron chi connectivity index (χ3n) is 5.91. The van der Waals surface area contributed by atoms with Crippen molar-refractivity contribution in [2.75, 3.05) is 27.3 Å². The smallest absolute Gasteiger partial charge is 0.252 e. The first-order valence-electron chi connectivity index (χ1n) is 10.9. The van der Waals surface area contributed by atoms with E-state index < -0.39 is 10.0 Å². The number of methoxy groups -OCH3 is 2. The van der Waals surface area contributed by atoms with Crippen LogP contribution in [0.4, 0.5) is 0 Å². The molecule has 1 amide bonds. The average molecular weight is 461 g/mol. The highest BCUT2D eigenvalue weighted by molar-refractivity contribution is 7.89. The quantitative estimate of drug-likeness (QED) is 0.673. The number of carbonyl (C=O) groups excluding carboxylic acids is 1. The van der Waals surface area contributed by atoms with Crippen LogP contribution in [0.2, 0.25) is 0 Å². The van der Waals surface area contributed by atoms with E-state index >= 15 is 0 Å². The van der Waals surface area contributed by atoms with E-state index in [1.54, 1.807) is 43.6 Å². The largest absolute Gasteiger partial charge is 0.493 e. The molecule has 3 rings (SSSR count). The van der Waals surface area contributed by atoms with E-state index in [1.165, 1.54) is 6.07 Å². The van der Waals surface area contributed by atoms with Gasteiger partial charge in [-0.2, -0.15) is 4.31 Å². The Morgan fingerprint density at radius 1 is 0.969 bits per heavy atom. The maximum atomic E-state index is 13.2. The second-order valence-corrected chi connectivity index (χ2v) is 10.0. The fourth-order valence-corrected chi connectivity index (χ4v) is 5.46. The molecule has 0 saturated carbocycles. The number of sulfonamides is 1. The Bertz CT molecular complexity index is 1060. The first kappa shape index (κ1) is 24.1. The second kappa shape index (κ2) is 10.4. The van der Waals surface area contributed by atoms with Crippen LogP contribution in [0.5, 0.6) is 11.5 Å². The summed E-state index contributed by atoms with van der Waals surface area (Å²) in [6.45, 7) is 4.72. The number of hydrogen-bond acceptors (Lipinski definition) is 5. The fraction of sp³-hybridized carbons (Fsp3) is 0.458. The molecular weight excluding hydrogens is 428 g/mol. The van der Waals surface area contributed by atoms with Crippen molar-refractivity contribution in [1.29, 1.82) is 0 Å². The number of ether oxygens (including phenoxy) is 2. The van der Waals surface area contributed by atoms with Gasteiger partial charge in [0.25, 0.3) is 5.91 Å². The van der Waals surface area contributed by atoms with Gasteiger partial charge in [0.15, 0.2) is 11.5 Å². The molecule has 0 unspecified atom stereocenters. The molecule has 0 aromatic heterocycles. The second-order valence-electron chi connectivity index (χ2n) is 8.10. The Labute approximate surface area is 190 Å². The minimum Gasteiger partial charge on any atom is -0.493 e. The highest BCUT2D eigenvalue weighted by Crippen LogP contribution is 2.30. The lowest BCUT2D eigenvalue weighted by Gasteiger charge is -2.21. The molecule has 1 saturated heterocycles. The molecule has 2 aromatic rings. The highest BCUT2D eigenvalue weighted by atomic mass is 32.2. The lowest BCUT2D eigenvalue weighted by molar-refractivity contribution is 0.0939. The van der Waals surface area contributed by atoms with E-state index in [-0.39, 0.29) is 16.8 Å². The lowest BCUT2D eigenvalue weighted by Crippen LogP contribution is -2.32. The number of aryl methyl sites for hydroxylation is 1. The number of hydrogen-bond donors (Lipinski definition) is 1. The Kier molecular flexibility index (Phi) is 7.79. The first-order valence-corrected chi connectivity index (χ1v) is 12.4. The van der Waals surface area contributed by atoms with E-state index in [1.807, 2.05) is 19.1 Å². The third-order valence-corrected chi connectivity index (χ3v) is 7.81. The summed E-state index contributed by atoms with van der Waals surface area (Å²) in [5, 5.41) is 2.97. The zero-order valence-electron chi connectivity index (χ0n) is 19.2. The van der Waals surface area contributed by atoms with E-state index in [9.17, 15) is 13.2 Å². The minimum atomic E-state index is -3.63. The number of benzene rings is 2. The summed E-state index contributed by atoms with van der Waals surface area (Å²) in [4.78, 5) is 13.2. The van der Waals surface area contributed by atoms with Gasteiger partial charge in [0, 0.05) is 18.7 Å². The molecule has 0 aliphatic carbocycles. The molecule has 1 heterocycles. The van der Waals surface area contributed by atoms with Crippen molar-refractivity contribution in [1.82, 2.24) is 9.62 Å². The van der Waals surface area contributed by atoms with Crippen molar-refractivity contribution in [3.05, 3.63) is 53.1 Å². The Hall–Kier alpha value is -2.58. The van der Waals surface area contributed by atoms with Gasteiger partial charge in [0.1, 0.15) is 0 Å². The summed E-state index contributed by atoms with van der Waals surface area (Å²) in [5.74, 6) is 0.863. The minimum absolute atomic E-state index is 0.161. The van der Waals surface area contributed by atoms with Crippen LogP contribution in [0, 0.1) is 6.92 Å². The van der Waals surface area contributed by atoms with E-state index in [0.29, 0.717) is 30.2 Å². The van der Waals surface area contributed by atoms with Gasteiger partial charge in [-0.3, -0.25) is 4.79 Å². The molecule has 1 aliphatic heterocycles. The summed E-state index contributed by atoms with van der Waals surface area (Å²) >= 11 is 0. The molecule has 8 heteroatoms. The molecule has 1 aliphatic rings. The Balaban J connectivity index is 1.82. The van der Waals surface area contributed by atoms with Gasteiger partial charge in [-0.25, -0.2) is 8.42 Å². The zero-order chi connectivity index (χ0) is 23.3. The summed E-state index contributed by atoms with van der Waals surface area (Å²) < 4.78 is 38.5. The highest BCUT2D eigenvalue weighted by Gasteiger charge is 2.26. The van der Waals surface area contributed by atoms with Crippen LogP contribution in [-0.4, -0.2) is 45.9 Å². The van der Waals surface area contributed by atoms with Crippen molar-refractivity contribution in [3.8, 4) is 11.5 Å². The molecule has 0 spiro atoms. The van der Waals surface area contributed by atoms with Crippen LogP contribution in [0.15, 0.2) is 41.3 Å². The van der Waals surface area contributed by atoms with Crippen LogP contribution < -0.4 is 14.8 Å². The summed E-state index contributed by atoms with van der Waals surface area (Å²) in [5.41, 5.74) is 1.92. The molecule has 32 heavy (non-hydrogen) atoms. The summed E-state index contributed by atoms with van der Waals surface area (Å²) in [6.07, 6.45) is 3.81. The Morgan fingerprint density at radius 3 is 2.25 bits per heavy atom. The van der Waals surface area contributed by atoms with E-state index in [2.05, 4.69) is 5.32 Å². The number of amides is 1. The van der Waals surface area contributed by atoms with Gasteiger partial charge >= 0.3 is 0 Å². The lowest BCUT2D eigenvalue weighted by atomic mass is 10.1. The standard InChI is InChI=1S/C24H32N2O5S/c1-17-9-11-20(32(28,29)26-13-7-5-6-8-14-26)16-21(17)24(27)25-18(2)19-10-12-22(30-3)23(15-19)31-4/h9-12,15-16,18H,5-8,13-14H2,1-4H3,(H,25,27)/t18-/m0/s1. The fourth-order valence-electron chi connectivity index (χ4n) is 3.92. The molecule has 1 atom stereocenters. The first-order chi connectivity index (χ1) is 15.3. The Morgan fingerprint density at radius 2 is 1.62 bits per heavy atom. The van der Waals surface area contributed by atoms with E-state index in [4.69, 9.17) is 9.47 Å². The van der Waals surface area contributed by atoms with Crippen LogP contribution in [0.25, 0.3) is 0 Å². The monoisotopic (exact) mass is 460 g/mol. The maximum absolute atomic E-state index is 13.2. The SMILES string of the molecule is COc1ccc([C@H](C)NC(=O)c2cc(S(=O)(=O)N3CCCCCC3)ccc2C)cc1OC. The van der Waals surface area contributed by atoms with Crippen molar-refractivity contribution >= 4 is 15.9 Å². The number of carbonyl (C=O) groups is 1. The van der Waals surface area contributed by atoms with Crippen LogP contribution in [0.3, 0.4) is 0 Å². The van der Waals surface area contributed by atoms with Crippen molar-refractivity contribution in [2.45, 2.75) is 50.5 Å². The molecule has 0 bridgehead atoms. The van der Waals surface area contributed by atoms with Crippen molar-refractivity contribution in [2.24, 2.45) is 0 Å². The average Bonchev–Trinajstić information content (AvgIpc) is 3.08. The normalized spacial score (nSPS) is 16.1. The molecule has 7 nitrogen and oxygen atoms in total. The maximum Gasteiger partial charge on any atom is 0.252 e. The van der Waals surface area contributed by atoms with Gasteiger partial charge in [0.05, 0.1) is 25.2 Å². The van der Waals surface area contributed by atoms with E-state index in [0.717, 1.165) is 36.8 Å². The molecule has 1 N–H and O–H groups in total. The topological polar surface area (TPSA) is 84.9 Å². The van der Waals surface area contributed by atoms with Gasteiger partial charge in [-0.15, -0.1) is 0 Å². The molecule has 2 aromatic carbocycles. The van der Waals surface area contributed by atoms with Crippen LogP contribution in [0.1, 0.15) is 60.1 Å². The van der Waals surface area contributed by atoms with Gasteiger partial charge in [-0.05, 0) is 62.1 Å². The predicted molar refractivity (Wildman–Crippen MR) is 124 cm³/mol. The molecular formula is C24H32N2O5S. The molecule has 174 valence electrons. The van der Waals surface area contributed by atoms with Gasteiger partial charge in [0.2, 0.25) is 10.0 Å². The van der Waals surface area contributed by atoms with Crippen LogP contribution in [-0.2, 0) is 10.0 Å². The van der Waals surface area contributed by atoms with Gasteiger partial charge < -0.3 is 14.8 Å². The number of nitrogens with zero attached hydrogens (tertiary/aromatic N) is 1. The third kappa shape index (κ3) is 5.24. The van der Waals surface area contributed by atoms with Crippen molar-refractivity contribution in [3.63, 3.8) is 0 Å². The summed E-state index contributed by atoms with van der Waals surface area (Å²) in [6, 6.07) is 9.93. The number of rotatable bonds is 7. The van der Waals surface area contributed by atoms with Gasteiger partial charge in [-0.1, -0.05) is 25.0 Å². The summed E-state index contributed by atoms with van der Waals surface area (Å²) in [7, 11) is -0.505. The molecule has 0 radical (unpaired) electrons.